The second-order valence-electron chi connectivity index (χ2n) is 4.26. The van der Waals surface area contributed by atoms with Crippen LogP contribution in [0, 0.1) is 5.82 Å². The predicted octanol–water partition coefficient (Wildman–Crippen LogP) is 0.825. The number of hydrogen-bond acceptors (Lipinski definition) is 5. The van der Waals surface area contributed by atoms with E-state index in [1.807, 2.05) is 4.90 Å². The van der Waals surface area contributed by atoms with Crippen LogP contribution in [-0.2, 0) is 4.74 Å². The van der Waals surface area contributed by atoms with E-state index >= 15 is 0 Å². The number of nitrogens with zero attached hydrogens (tertiary/aromatic N) is 4. The maximum absolute atomic E-state index is 12.9. The molecule has 1 saturated heterocycles. The third-order valence-electron chi connectivity index (χ3n) is 2.99. The monoisotopic (exact) mass is 263 g/mol. The molecule has 0 amide bonds. The number of anilines is 2. The summed E-state index contributed by atoms with van der Waals surface area (Å²) in [6.45, 7) is 2.80. The summed E-state index contributed by atoms with van der Waals surface area (Å²) in [5, 5.41) is 4.36. The first-order valence-corrected chi connectivity index (χ1v) is 6.05. The van der Waals surface area contributed by atoms with E-state index in [9.17, 15) is 4.39 Å². The molecule has 0 unspecified atom stereocenters. The summed E-state index contributed by atoms with van der Waals surface area (Å²) in [6.07, 6.45) is 0. The molecule has 2 N–H and O–H groups in total. The van der Waals surface area contributed by atoms with Gasteiger partial charge in [-0.2, -0.15) is 9.67 Å². The van der Waals surface area contributed by atoms with Gasteiger partial charge in [0, 0.05) is 13.1 Å². The fourth-order valence-electron chi connectivity index (χ4n) is 1.98. The minimum atomic E-state index is -0.296. The molecule has 100 valence electrons. The molecule has 6 nitrogen and oxygen atoms in total. The maximum atomic E-state index is 12.9. The van der Waals surface area contributed by atoms with Gasteiger partial charge < -0.3 is 15.4 Å². The number of ether oxygens (including phenoxy) is 1. The summed E-state index contributed by atoms with van der Waals surface area (Å²) in [5.41, 5.74) is 6.54. The highest BCUT2D eigenvalue weighted by molar-refractivity contribution is 5.43. The van der Waals surface area contributed by atoms with Crippen LogP contribution < -0.4 is 10.6 Å². The number of nitrogens with two attached hydrogens (primary N) is 1. The van der Waals surface area contributed by atoms with Crippen molar-refractivity contribution >= 4 is 11.9 Å². The van der Waals surface area contributed by atoms with E-state index in [1.54, 1.807) is 12.1 Å². The van der Waals surface area contributed by atoms with Gasteiger partial charge in [-0.25, -0.2) is 4.39 Å². The summed E-state index contributed by atoms with van der Waals surface area (Å²) in [5.74, 6) is 0.564. The lowest BCUT2D eigenvalue weighted by Gasteiger charge is -2.25. The van der Waals surface area contributed by atoms with Crippen LogP contribution in [0.5, 0.6) is 0 Å². The molecule has 0 bridgehead atoms. The Kier molecular flexibility index (Phi) is 3.04. The van der Waals surface area contributed by atoms with Crippen molar-refractivity contribution in [2.45, 2.75) is 0 Å². The molecule has 19 heavy (non-hydrogen) atoms. The number of halogens is 1. The Labute approximate surface area is 109 Å². The average molecular weight is 263 g/mol. The van der Waals surface area contributed by atoms with Gasteiger partial charge in [0.25, 0.3) is 0 Å². The van der Waals surface area contributed by atoms with Gasteiger partial charge in [0.05, 0.1) is 18.9 Å². The molecular weight excluding hydrogens is 249 g/mol. The van der Waals surface area contributed by atoms with E-state index in [-0.39, 0.29) is 11.8 Å². The van der Waals surface area contributed by atoms with Crippen LogP contribution in [0.4, 0.5) is 16.3 Å². The molecule has 0 radical (unpaired) electrons. The Bertz CT molecular complexity index is 562. The number of rotatable bonds is 2. The summed E-state index contributed by atoms with van der Waals surface area (Å²) in [6, 6.07) is 5.96. The molecule has 2 aromatic rings. The first-order valence-electron chi connectivity index (χ1n) is 6.05. The summed E-state index contributed by atoms with van der Waals surface area (Å²) >= 11 is 0. The number of benzene rings is 1. The van der Waals surface area contributed by atoms with Crippen molar-refractivity contribution in [1.29, 1.82) is 0 Å². The smallest absolute Gasteiger partial charge is 0.247 e. The second kappa shape index (κ2) is 4.85. The van der Waals surface area contributed by atoms with Crippen LogP contribution in [-0.4, -0.2) is 41.1 Å². The zero-order valence-electron chi connectivity index (χ0n) is 10.3. The van der Waals surface area contributed by atoms with Crippen LogP contribution in [0.15, 0.2) is 24.3 Å². The van der Waals surface area contributed by atoms with Gasteiger partial charge in [-0.15, -0.1) is 5.10 Å². The zero-order valence-corrected chi connectivity index (χ0v) is 10.3. The van der Waals surface area contributed by atoms with Crippen molar-refractivity contribution < 1.29 is 9.13 Å². The molecule has 1 aromatic heterocycles. The molecule has 1 aromatic carbocycles. The van der Waals surface area contributed by atoms with E-state index in [1.165, 1.54) is 16.8 Å². The molecule has 3 rings (SSSR count). The lowest BCUT2D eigenvalue weighted by Crippen LogP contribution is -2.37. The highest BCUT2D eigenvalue weighted by Crippen LogP contribution is 2.17. The van der Waals surface area contributed by atoms with E-state index in [0.29, 0.717) is 24.8 Å². The molecule has 0 aliphatic carbocycles. The largest absolute Gasteiger partial charge is 0.378 e. The van der Waals surface area contributed by atoms with Gasteiger partial charge in [-0.1, -0.05) is 0 Å². The standard InChI is InChI=1S/C12H14FN5O/c13-9-1-3-10(4-2-9)18-11(14)15-12(16-18)17-5-7-19-8-6-17/h1-4H,5-8H2,(H2,14,15,16). The van der Waals surface area contributed by atoms with Crippen LogP contribution in [0.2, 0.25) is 0 Å². The second-order valence-corrected chi connectivity index (χ2v) is 4.26. The summed E-state index contributed by atoms with van der Waals surface area (Å²) < 4.78 is 19.7. The highest BCUT2D eigenvalue weighted by Gasteiger charge is 2.17. The van der Waals surface area contributed by atoms with Crippen LogP contribution >= 0.6 is 0 Å². The van der Waals surface area contributed by atoms with Crippen molar-refractivity contribution in [3.05, 3.63) is 30.1 Å². The molecule has 1 aliphatic rings. The molecule has 0 atom stereocenters. The van der Waals surface area contributed by atoms with E-state index in [0.717, 1.165) is 13.1 Å². The third kappa shape index (κ3) is 2.37. The minimum Gasteiger partial charge on any atom is -0.378 e. The molecule has 0 spiro atoms. The van der Waals surface area contributed by atoms with Gasteiger partial charge in [-0.3, -0.25) is 0 Å². The number of morpholine rings is 1. The number of hydrogen-bond donors (Lipinski definition) is 1. The Morgan fingerprint density at radius 3 is 2.53 bits per heavy atom. The van der Waals surface area contributed by atoms with E-state index in [2.05, 4.69) is 10.1 Å². The Morgan fingerprint density at radius 2 is 1.84 bits per heavy atom. The number of nitrogen functional groups attached to an aromatic ring is 1. The molecule has 7 heteroatoms. The van der Waals surface area contributed by atoms with Crippen LogP contribution in [0.1, 0.15) is 0 Å². The molecule has 0 saturated carbocycles. The zero-order chi connectivity index (χ0) is 13.2. The van der Waals surface area contributed by atoms with Crippen molar-refractivity contribution in [2.75, 3.05) is 36.9 Å². The van der Waals surface area contributed by atoms with Gasteiger partial charge in [-0.05, 0) is 24.3 Å². The summed E-state index contributed by atoms with van der Waals surface area (Å²) in [7, 11) is 0. The maximum Gasteiger partial charge on any atom is 0.247 e. The van der Waals surface area contributed by atoms with Crippen molar-refractivity contribution in [1.82, 2.24) is 14.8 Å². The fourth-order valence-corrected chi connectivity index (χ4v) is 1.98. The molecule has 1 fully saturated rings. The van der Waals surface area contributed by atoms with Crippen LogP contribution in [0.25, 0.3) is 5.69 Å². The van der Waals surface area contributed by atoms with Gasteiger partial charge in [0.15, 0.2) is 0 Å². The van der Waals surface area contributed by atoms with E-state index < -0.39 is 0 Å². The average Bonchev–Trinajstić information content (AvgIpc) is 2.83. The Hall–Kier alpha value is -2.15. The quantitative estimate of drug-likeness (QED) is 0.869. The predicted molar refractivity (Wildman–Crippen MR) is 68.8 cm³/mol. The molecule has 1 aliphatic heterocycles. The topological polar surface area (TPSA) is 69.2 Å². The number of aromatic nitrogens is 3. The normalized spacial score (nSPS) is 15.7. The minimum absolute atomic E-state index is 0.285. The lowest BCUT2D eigenvalue weighted by atomic mass is 10.3. The Balaban J connectivity index is 1.90. The first kappa shape index (κ1) is 11.9. The van der Waals surface area contributed by atoms with Gasteiger partial charge in [0.1, 0.15) is 5.82 Å². The van der Waals surface area contributed by atoms with Crippen molar-refractivity contribution in [2.24, 2.45) is 0 Å². The lowest BCUT2D eigenvalue weighted by molar-refractivity contribution is 0.122. The van der Waals surface area contributed by atoms with Crippen LogP contribution in [0.3, 0.4) is 0 Å². The fraction of sp³-hybridized carbons (Fsp3) is 0.333. The van der Waals surface area contributed by atoms with Gasteiger partial charge in [0.2, 0.25) is 11.9 Å². The SMILES string of the molecule is Nc1nc(N2CCOCC2)nn1-c1ccc(F)cc1. The van der Waals surface area contributed by atoms with Crippen molar-refractivity contribution in [3.8, 4) is 5.69 Å². The third-order valence-corrected chi connectivity index (χ3v) is 2.99. The Morgan fingerprint density at radius 1 is 1.16 bits per heavy atom. The first-order chi connectivity index (χ1) is 9.24. The summed E-state index contributed by atoms with van der Waals surface area (Å²) in [4.78, 5) is 6.25. The van der Waals surface area contributed by atoms with Crippen molar-refractivity contribution in [3.63, 3.8) is 0 Å². The molecular formula is C12H14FN5O. The highest BCUT2D eigenvalue weighted by atomic mass is 19.1. The van der Waals surface area contributed by atoms with E-state index in [4.69, 9.17) is 10.5 Å². The van der Waals surface area contributed by atoms with Gasteiger partial charge >= 0.3 is 0 Å². The molecule has 2 heterocycles.